The largest absolute Gasteiger partial charge is 0.433 e. The molecule has 0 amide bonds. The van der Waals surface area contributed by atoms with E-state index in [1.165, 1.54) is 34.9 Å². The van der Waals surface area contributed by atoms with E-state index in [0.29, 0.717) is 18.5 Å². The summed E-state index contributed by atoms with van der Waals surface area (Å²) in [4.78, 5) is 8.21. The maximum Gasteiger partial charge on any atom is 0.433 e. The summed E-state index contributed by atoms with van der Waals surface area (Å²) in [6.07, 6.45) is -0.853. The van der Waals surface area contributed by atoms with Crippen molar-refractivity contribution in [2.45, 2.75) is 49.7 Å². The maximum absolute atomic E-state index is 13.6. The number of pyridine rings is 1. The summed E-state index contributed by atoms with van der Waals surface area (Å²) in [7, 11) is -3.85. The molecule has 160 valence electrons. The van der Waals surface area contributed by atoms with Gasteiger partial charge in [-0.1, -0.05) is 13.8 Å². The van der Waals surface area contributed by atoms with Gasteiger partial charge in [0.05, 0.1) is 11.7 Å². The fraction of sp³-hybridized carbons (Fsp3) is 0.421. The minimum atomic E-state index is -4.62. The minimum Gasteiger partial charge on any atom is -0.263 e. The van der Waals surface area contributed by atoms with Crippen LogP contribution in [0.25, 0.3) is 5.65 Å². The van der Waals surface area contributed by atoms with Crippen LogP contribution in [0, 0.1) is 0 Å². The monoisotopic (exact) mass is 439 g/mol. The van der Waals surface area contributed by atoms with E-state index in [1.54, 1.807) is 13.8 Å². The molecule has 0 saturated carbocycles. The number of aromatic nitrogens is 4. The van der Waals surface area contributed by atoms with Crippen LogP contribution in [0.1, 0.15) is 55.7 Å². The molecule has 11 heteroatoms. The molecular formula is C19H20F3N5O2S. The van der Waals surface area contributed by atoms with Crippen LogP contribution in [0.3, 0.4) is 0 Å². The first-order chi connectivity index (χ1) is 14.1. The second kappa shape index (κ2) is 7.31. The lowest BCUT2D eigenvalue weighted by atomic mass is 10.1. The minimum absolute atomic E-state index is 0.0388. The molecule has 1 saturated heterocycles. The predicted octanol–water partition coefficient (Wildman–Crippen LogP) is 3.79. The molecule has 0 aliphatic carbocycles. The van der Waals surface area contributed by atoms with Crippen LogP contribution in [-0.4, -0.2) is 38.8 Å². The first-order valence-corrected chi connectivity index (χ1v) is 10.9. The SMILES string of the molecule is CC(C)c1cc(C(F)(F)F)n2nc(C3CCCN3S(=O)(=O)c3cccnc3)cc2n1. The number of fused-ring (bicyclic) bond motifs is 1. The highest BCUT2D eigenvalue weighted by Crippen LogP contribution is 2.37. The molecule has 1 aliphatic rings. The van der Waals surface area contributed by atoms with E-state index in [4.69, 9.17) is 0 Å². The van der Waals surface area contributed by atoms with Gasteiger partial charge in [0.15, 0.2) is 5.65 Å². The average molecular weight is 439 g/mol. The normalized spacial score (nSPS) is 18.5. The topological polar surface area (TPSA) is 80.5 Å². The summed E-state index contributed by atoms with van der Waals surface area (Å²) in [5.74, 6) is -0.205. The van der Waals surface area contributed by atoms with Crippen LogP contribution in [0.5, 0.6) is 0 Å². The van der Waals surface area contributed by atoms with Gasteiger partial charge in [-0.25, -0.2) is 17.9 Å². The lowest BCUT2D eigenvalue weighted by Crippen LogP contribution is -2.31. The molecule has 4 heterocycles. The van der Waals surface area contributed by atoms with Crippen molar-refractivity contribution >= 4 is 15.7 Å². The number of alkyl halides is 3. The number of hydrogen-bond donors (Lipinski definition) is 0. The van der Waals surface area contributed by atoms with Gasteiger partial charge < -0.3 is 0 Å². The summed E-state index contributed by atoms with van der Waals surface area (Å²) < 4.78 is 69.1. The zero-order valence-corrected chi connectivity index (χ0v) is 17.2. The first kappa shape index (κ1) is 20.7. The van der Waals surface area contributed by atoms with Crippen molar-refractivity contribution in [3.63, 3.8) is 0 Å². The molecule has 3 aromatic rings. The molecule has 0 spiro atoms. The van der Waals surface area contributed by atoms with Gasteiger partial charge >= 0.3 is 6.18 Å². The van der Waals surface area contributed by atoms with Crippen molar-refractivity contribution in [1.82, 2.24) is 23.9 Å². The van der Waals surface area contributed by atoms with Gasteiger partial charge in [-0.05, 0) is 37.0 Å². The molecule has 0 aromatic carbocycles. The van der Waals surface area contributed by atoms with Crippen LogP contribution in [-0.2, 0) is 16.2 Å². The Morgan fingerprint density at radius 3 is 2.63 bits per heavy atom. The quantitative estimate of drug-likeness (QED) is 0.618. The molecule has 3 aromatic heterocycles. The standard InChI is InChI=1S/C19H20F3N5O2S/c1-12(2)14-9-17(19(20,21)22)27-18(24-14)10-15(25-27)16-6-4-8-26(16)30(28,29)13-5-3-7-23-11-13/h3,5,7,9-12,16H,4,6,8H2,1-2H3. The lowest BCUT2D eigenvalue weighted by Gasteiger charge is -2.22. The van der Waals surface area contributed by atoms with E-state index in [0.717, 1.165) is 10.6 Å². The first-order valence-electron chi connectivity index (χ1n) is 9.48. The molecule has 7 nitrogen and oxygen atoms in total. The van der Waals surface area contributed by atoms with Crippen LogP contribution < -0.4 is 0 Å². The highest BCUT2D eigenvalue weighted by atomic mass is 32.2. The fourth-order valence-corrected chi connectivity index (χ4v) is 5.26. The Balaban J connectivity index is 1.81. The van der Waals surface area contributed by atoms with E-state index >= 15 is 0 Å². The molecule has 4 rings (SSSR count). The Bertz CT molecular complexity index is 1180. The number of hydrogen-bond acceptors (Lipinski definition) is 5. The molecule has 1 aliphatic heterocycles. The van der Waals surface area contributed by atoms with E-state index < -0.39 is 27.9 Å². The third-order valence-electron chi connectivity index (χ3n) is 5.13. The van der Waals surface area contributed by atoms with Gasteiger partial charge in [0.25, 0.3) is 0 Å². The summed E-state index contributed by atoms with van der Waals surface area (Å²) in [5, 5.41) is 4.13. The molecule has 1 unspecified atom stereocenters. The summed E-state index contributed by atoms with van der Waals surface area (Å²) in [6.45, 7) is 3.78. The molecule has 1 atom stereocenters. The van der Waals surface area contributed by atoms with E-state index in [2.05, 4.69) is 15.1 Å². The van der Waals surface area contributed by atoms with Crippen LogP contribution in [0.15, 0.2) is 41.6 Å². The zero-order valence-electron chi connectivity index (χ0n) is 16.3. The van der Waals surface area contributed by atoms with Crippen LogP contribution in [0.2, 0.25) is 0 Å². The lowest BCUT2D eigenvalue weighted by molar-refractivity contribution is -0.142. The number of halogens is 3. The average Bonchev–Trinajstić information content (AvgIpc) is 3.33. The van der Waals surface area contributed by atoms with Crippen molar-refractivity contribution in [2.24, 2.45) is 0 Å². The maximum atomic E-state index is 13.6. The van der Waals surface area contributed by atoms with E-state index in [1.807, 2.05) is 0 Å². The van der Waals surface area contributed by atoms with Crippen molar-refractivity contribution in [2.75, 3.05) is 6.54 Å². The van der Waals surface area contributed by atoms with Crippen LogP contribution >= 0.6 is 0 Å². The third-order valence-corrected chi connectivity index (χ3v) is 7.03. The van der Waals surface area contributed by atoms with E-state index in [-0.39, 0.29) is 28.7 Å². The second-order valence-electron chi connectivity index (χ2n) is 7.52. The van der Waals surface area contributed by atoms with Gasteiger partial charge in [-0.2, -0.15) is 22.6 Å². The molecule has 0 N–H and O–H groups in total. The Hall–Kier alpha value is -2.53. The molecule has 1 fully saturated rings. The Morgan fingerprint density at radius 2 is 2.00 bits per heavy atom. The van der Waals surface area contributed by atoms with Crippen molar-refractivity contribution in [3.05, 3.63) is 53.7 Å². The highest BCUT2D eigenvalue weighted by Gasteiger charge is 2.39. The van der Waals surface area contributed by atoms with Gasteiger partial charge in [0.2, 0.25) is 10.0 Å². The predicted molar refractivity (Wildman–Crippen MR) is 102 cm³/mol. The van der Waals surface area contributed by atoms with Crippen molar-refractivity contribution in [3.8, 4) is 0 Å². The van der Waals surface area contributed by atoms with Crippen LogP contribution in [0.4, 0.5) is 13.2 Å². The summed E-state index contributed by atoms with van der Waals surface area (Å²) in [6, 6.07) is 4.74. The van der Waals surface area contributed by atoms with Gasteiger partial charge in [-0.3, -0.25) is 4.98 Å². The Morgan fingerprint density at radius 1 is 1.23 bits per heavy atom. The molecule has 0 bridgehead atoms. The highest BCUT2D eigenvalue weighted by molar-refractivity contribution is 7.89. The Labute approximate surface area is 171 Å². The molecule has 30 heavy (non-hydrogen) atoms. The Kier molecular flexibility index (Phi) is 5.05. The zero-order chi connectivity index (χ0) is 21.7. The summed E-state index contributed by atoms with van der Waals surface area (Å²) >= 11 is 0. The van der Waals surface area contributed by atoms with Crippen molar-refractivity contribution < 1.29 is 21.6 Å². The number of rotatable bonds is 4. The number of sulfonamides is 1. The third kappa shape index (κ3) is 3.56. The number of nitrogens with zero attached hydrogens (tertiary/aromatic N) is 5. The van der Waals surface area contributed by atoms with E-state index in [9.17, 15) is 21.6 Å². The van der Waals surface area contributed by atoms with Crippen molar-refractivity contribution in [1.29, 1.82) is 0 Å². The summed E-state index contributed by atoms with van der Waals surface area (Å²) in [5.41, 5.74) is -0.331. The van der Waals surface area contributed by atoms with Gasteiger partial charge in [0, 0.05) is 30.7 Å². The molecular weight excluding hydrogens is 419 g/mol. The fourth-order valence-electron chi connectivity index (χ4n) is 3.63. The van der Waals surface area contributed by atoms with Gasteiger partial charge in [0.1, 0.15) is 10.6 Å². The smallest absolute Gasteiger partial charge is 0.263 e. The molecule has 0 radical (unpaired) electrons. The second-order valence-corrected chi connectivity index (χ2v) is 9.41. The van der Waals surface area contributed by atoms with Gasteiger partial charge in [-0.15, -0.1) is 0 Å².